The van der Waals surface area contributed by atoms with Crippen molar-refractivity contribution < 1.29 is 4.74 Å². The van der Waals surface area contributed by atoms with E-state index in [1.165, 1.54) is 0 Å². The van der Waals surface area contributed by atoms with E-state index < -0.39 is 0 Å². The van der Waals surface area contributed by atoms with Crippen LogP contribution in [0.4, 0.5) is 5.69 Å². The van der Waals surface area contributed by atoms with E-state index in [9.17, 15) is 0 Å². The lowest BCUT2D eigenvalue weighted by atomic mass is 10.2. The zero-order valence-electron chi connectivity index (χ0n) is 10.9. The first-order valence-electron chi connectivity index (χ1n) is 6.07. The smallest absolute Gasteiger partial charge is 0.160 e. The lowest BCUT2D eigenvalue weighted by Crippen LogP contribution is -1.94. The van der Waals surface area contributed by atoms with Crippen LogP contribution < -0.4 is 10.5 Å². The molecule has 0 fully saturated rings. The first-order valence-corrected chi connectivity index (χ1v) is 6.07. The van der Waals surface area contributed by atoms with Gasteiger partial charge >= 0.3 is 0 Å². The molecule has 0 aliphatic rings. The summed E-state index contributed by atoms with van der Waals surface area (Å²) in [6, 6.07) is 9.82. The number of nitrogens with two attached hydrogens (primary N) is 1. The Kier molecular flexibility index (Phi) is 2.63. The average molecular weight is 253 g/mol. The molecule has 0 radical (unpaired) electrons. The summed E-state index contributed by atoms with van der Waals surface area (Å²) in [4.78, 5) is 4.60. The lowest BCUT2D eigenvalue weighted by molar-refractivity contribution is 0.415. The number of rotatable bonds is 2. The molecule has 1 aromatic carbocycles. The van der Waals surface area contributed by atoms with Crippen molar-refractivity contribution in [2.45, 2.75) is 6.92 Å². The number of aryl methyl sites for hydroxylation is 1. The third kappa shape index (κ3) is 1.91. The topological polar surface area (TPSA) is 52.5 Å². The third-order valence-corrected chi connectivity index (χ3v) is 3.27. The van der Waals surface area contributed by atoms with Gasteiger partial charge in [-0.05, 0) is 42.8 Å². The van der Waals surface area contributed by atoms with Crippen LogP contribution in [-0.4, -0.2) is 16.5 Å². The van der Waals surface area contributed by atoms with Crippen molar-refractivity contribution >= 4 is 11.3 Å². The number of hydrogen-bond donors (Lipinski definition) is 1. The lowest BCUT2D eigenvalue weighted by Gasteiger charge is -2.00. The molecular weight excluding hydrogens is 238 g/mol. The molecule has 19 heavy (non-hydrogen) atoms. The van der Waals surface area contributed by atoms with Crippen molar-refractivity contribution in [3.63, 3.8) is 0 Å². The molecule has 0 bridgehead atoms. The van der Waals surface area contributed by atoms with Crippen LogP contribution in [0.1, 0.15) is 5.56 Å². The minimum Gasteiger partial charge on any atom is -0.497 e. The number of imidazole rings is 1. The van der Waals surface area contributed by atoms with Crippen molar-refractivity contribution in [3.8, 4) is 17.0 Å². The number of aromatic nitrogens is 2. The molecule has 0 unspecified atom stereocenters. The SMILES string of the molecule is COc1ccc(-c2cn3ccc(C)c(N)c3n2)cc1. The van der Waals surface area contributed by atoms with E-state index in [0.29, 0.717) is 0 Å². The van der Waals surface area contributed by atoms with Crippen molar-refractivity contribution in [2.75, 3.05) is 12.8 Å². The molecule has 0 amide bonds. The normalized spacial score (nSPS) is 10.8. The standard InChI is InChI=1S/C15H15N3O/c1-10-7-8-18-9-13(17-15(18)14(10)16)11-3-5-12(19-2)6-4-11/h3-9H,16H2,1-2H3. The number of benzene rings is 1. The summed E-state index contributed by atoms with van der Waals surface area (Å²) in [5.74, 6) is 0.836. The number of ether oxygens (including phenoxy) is 1. The van der Waals surface area contributed by atoms with Crippen LogP contribution in [0.15, 0.2) is 42.7 Å². The molecule has 4 nitrogen and oxygen atoms in total. The first-order chi connectivity index (χ1) is 9.19. The second-order valence-electron chi connectivity index (χ2n) is 4.50. The van der Waals surface area contributed by atoms with Crippen molar-refractivity contribution in [1.29, 1.82) is 0 Å². The fourth-order valence-electron chi connectivity index (χ4n) is 2.07. The van der Waals surface area contributed by atoms with Gasteiger partial charge in [-0.1, -0.05) is 0 Å². The Morgan fingerprint density at radius 1 is 1.16 bits per heavy atom. The maximum Gasteiger partial charge on any atom is 0.160 e. The Morgan fingerprint density at radius 2 is 1.89 bits per heavy atom. The third-order valence-electron chi connectivity index (χ3n) is 3.27. The highest BCUT2D eigenvalue weighted by atomic mass is 16.5. The summed E-state index contributed by atoms with van der Waals surface area (Å²) in [6.07, 6.45) is 3.95. The van der Waals surface area contributed by atoms with Gasteiger partial charge in [-0.2, -0.15) is 0 Å². The molecular formula is C15H15N3O. The van der Waals surface area contributed by atoms with Crippen LogP contribution in [0, 0.1) is 6.92 Å². The molecule has 2 heterocycles. The molecule has 0 saturated carbocycles. The molecule has 0 atom stereocenters. The maximum atomic E-state index is 6.05. The fourth-order valence-corrected chi connectivity index (χ4v) is 2.07. The van der Waals surface area contributed by atoms with Crippen molar-refractivity contribution in [3.05, 3.63) is 48.3 Å². The van der Waals surface area contributed by atoms with E-state index in [0.717, 1.165) is 33.9 Å². The van der Waals surface area contributed by atoms with Crippen LogP contribution in [0.5, 0.6) is 5.75 Å². The highest BCUT2D eigenvalue weighted by molar-refractivity contribution is 5.73. The number of nitrogens with zero attached hydrogens (tertiary/aromatic N) is 2. The Bertz CT molecular complexity index is 729. The molecule has 3 aromatic rings. The van der Waals surface area contributed by atoms with Crippen molar-refractivity contribution in [2.24, 2.45) is 0 Å². The van der Waals surface area contributed by atoms with Gasteiger partial charge in [0.15, 0.2) is 5.65 Å². The summed E-state index contributed by atoms with van der Waals surface area (Å²) in [7, 11) is 1.66. The molecule has 0 aliphatic carbocycles. The molecule has 2 N–H and O–H groups in total. The summed E-state index contributed by atoms with van der Waals surface area (Å²) in [5, 5.41) is 0. The van der Waals surface area contributed by atoms with Gasteiger partial charge in [-0.25, -0.2) is 4.98 Å². The average Bonchev–Trinajstić information content (AvgIpc) is 2.88. The molecule has 0 spiro atoms. The quantitative estimate of drug-likeness (QED) is 0.764. The molecule has 96 valence electrons. The number of anilines is 1. The van der Waals surface area contributed by atoms with Gasteiger partial charge in [0, 0.05) is 18.0 Å². The summed E-state index contributed by atoms with van der Waals surface area (Å²) in [5.41, 5.74) is 10.6. The van der Waals surface area contributed by atoms with Gasteiger partial charge in [0.25, 0.3) is 0 Å². The largest absolute Gasteiger partial charge is 0.497 e. The van der Waals surface area contributed by atoms with E-state index in [2.05, 4.69) is 4.98 Å². The zero-order valence-corrected chi connectivity index (χ0v) is 10.9. The summed E-state index contributed by atoms with van der Waals surface area (Å²) in [6.45, 7) is 1.98. The van der Waals surface area contributed by atoms with E-state index in [1.54, 1.807) is 7.11 Å². The summed E-state index contributed by atoms with van der Waals surface area (Å²) >= 11 is 0. The van der Waals surface area contributed by atoms with Crippen LogP contribution in [0.2, 0.25) is 0 Å². The second kappa shape index (κ2) is 4.31. The minimum atomic E-state index is 0.724. The Hall–Kier alpha value is -2.49. The number of hydrogen-bond acceptors (Lipinski definition) is 3. The summed E-state index contributed by atoms with van der Waals surface area (Å²) < 4.78 is 7.10. The van der Waals surface area contributed by atoms with E-state index in [1.807, 2.05) is 54.0 Å². The Morgan fingerprint density at radius 3 is 2.58 bits per heavy atom. The van der Waals surface area contributed by atoms with Crippen molar-refractivity contribution in [1.82, 2.24) is 9.38 Å². The van der Waals surface area contributed by atoms with Crippen LogP contribution in [0.3, 0.4) is 0 Å². The van der Waals surface area contributed by atoms with E-state index in [4.69, 9.17) is 10.5 Å². The van der Waals surface area contributed by atoms with Crippen LogP contribution >= 0.6 is 0 Å². The molecule has 0 aliphatic heterocycles. The van der Waals surface area contributed by atoms with Crippen LogP contribution in [-0.2, 0) is 0 Å². The Balaban J connectivity index is 2.12. The molecule has 3 rings (SSSR count). The number of nitrogen functional groups attached to an aromatic ring is 1. The number of fused-ring (bicyclic) bond motifs is 1. The predicted molar refractivity (Wildman–Crippen MR) is 76.3 cm³/mol. The van der Waals surface area contributed by atoms with Crippen LogP contribution in [0.25, 0.3) is 16.9 Å². The number of pyridine rings is 1. The highest BCUT2D eigenvalue weighted by Gasteiger charge is 2.08. The molecule has 2 aromatic heterocycles. The monoisotopic (exact) mass is 253 g/mol. The highest BCUT2D eigenvalue weighted by Crippen LogP contribution is 2.25. The van der Waals surface area contributed by atoms with Gasteiger partial charge in [-0.15, -0.1) is 0 Å². The van der Waals surface area contributed by atoms with Gasteiger partial charge in [-0.3, -0.25) is 0 Å². The Labute approximate surface area is 111 Å². The van der Waals surface area contributed by atoms with E-state index in [-0.39, 0.29) is 0 Å². The van der Waals surface area contributed by atoms with Gasteiger partial charge < -0.3 is 14.9 Å². The second-order valence-corrected chi connectivity index (χ2v) is 4.50. The number of methoxy groups -OCH3 is 1. The first kappa shape index (κ1) is 11.6. The zero-order chi connectivity index (χ0) is 13.4. The van der Waals surface area contributed by atoms with Gasteiger partial charge in [0.1, 0.15) is 5.75 Å². The fraction of sp³-hybridized carbons (Fsp3) is 0.133. The van der Waals surface area contributed by atoms with E-state index >= 15 is 0 Å². The van der Waals surface area contributed by atoms with Gasteiger partial charge in [0.05, 0.1) is 18.5 Å². The molecule has 4 heteroatoms. The minimum absolute atomic E-state index is 0.724. The predicted octanol–water partition coefficient (Wildman–Crippen LogP) is 2.90. The maximum absolute atomic E-state index is 6.05. The van der Waals surface area contributed by atoms with Gasteiger partial charge in [0.2, 0.25) is 0 Å². The molecule has 0 saturated heterocycles.